The molecule has 3 N–H and O–H groups in total. The quantitative estimate of drug-likeness (QED) is 0.303. The van der Waals surface area contributed by atoms with Gasteiger partial charge in [-0.1, -0.05) is 0 Å². The number of carbonyl (C=O) groups is 1. The van der Waals surface area contributed by atoms with Gasteiger partial charge in [0.2, 0.25) is 0 Å². The molecule has 0 aliphatic heterocycles. The molecule has 0 aromatic carbocycles. The predicted molar refractivity (Wildman–Crippen MR) is 51.4 cm³/mol. The Morgan fingerprint density at radius 2 is 1.94 bits per heavy atom. The Bertz CT molecular complexity index is 254. The summed E-state index contributed by atoms with van der Waals surface area (Å²) in [4.78, 5) is 32.3. The Labute approximate surface area is 95.2 Å². The van der Waals surface area contributed by atoms with E-state index in [0.29, 0.717) is 13.0 Å². The summed E-state index contributed by atoms with van der Waals surface area (Å²) in [5.74, 6) is -0.949. The fourth-order valence-corrected chi connectivity index (χ4v) is 0.617. The third-order valence-corrected chi connectivity index (χ3v) is 1.34. The molecule has 0 fully saturated rings. The summed E-state index contributed by atoms with van der Waals surface area (Å²) in [5.41, 5.74) is 0. The van der Waals surface area contributed by atoms with Gasteiger partial charge in [-0.25, -0.2) is 0 Å². The van der Waals surface area contributed by atoms with E-state index in [1.54, 1.807) is 0 Å². The monoisotopic (exact) mass is 255 g/mol. The predicted octanol–water partition coefficient (Wildman–Crippen LogP) is -0.700. The van der Waals surface area contributed by atoms with Crippen LogP contribution in [0.1, 0.15) is 13.3 Å². The Kier molecular flexibility index (Phi) is 10.5. The van der Waals surface area contributed by atoms with Gasteiger partial charge in [0, 0.05) is 0 Å². The molecular formula is C6H13N3O8. The van der Waals surface area contributed by atoms with Crippen LogP contribution < -0.4 is 5.32 Å². The van der Waals surface area contributed by atoms with E-state index in [2.05, 4.69) is 10.2 Å². The minimum Gasteiger partial charge on any atom is -0.480 e. The van der Waals surface area contributed by atoms with Crippen LogP contribution in [0.3, 0.4) is 0 Å². The molecule has 11 nitrogen and oxygen atoms in total. The molecule has 11 heteroatoms. The minimum atomic E-state index is -1.50. The van der Waals surface area contributed by atoms with Crippen molar-refractivity contribution in [2.45, 2.75) is 19.4 Å². The van der Waals surface area contributed by atoms with E-state index in [1.165, 1.54) is 6.92 Å². The van der Waals surface area contributed by atoms with E-state index in [0.717, 1.165) is 0 Å². The van der Waals surface area contributed by atoms with Crippen molar-refractivity contribution in [2.24, 2.45) is 0 Å². The zero-order valence-corrected chi connectivity index (χ0v) is 8.94. The summed E-state index contributed by atoms with van der Waals surface area (Å²) in [6, 6.07) is -0.643. The van der Waals surface area contributed by atoms with Crippen LogP contribution >= 0.6 is 0 Å². The fraction of sp³-hybridized carbons (Fsp3) is 0.833. The van der Waals surface area contributed by atoms with Gasteiger partial charge in [-0.2, -0.15) is 0 Å². The van der Waals surface area contributed by atoms with Crippen LogP contribution in [0.15, 0.2) is 0 Å². The second-order valence-corrected chi connectivity index (χ2v) is 2.66. The second-order valence-electron chi connectivity index (χ2n) is 2.66. The van der Waals surface area contributed by atoms with Crippen molar-refractivity contribution in [3.05, 3.63) is 20.2 Å². The first-order chi connectivity index (χ1) is 7.77. The molecule has 0 spiro atoms. The van der Waals surface area contributed by atoms with E-state index >= 15 is 0 Å². The number of hydrogen-bond acceptors (Lipinski definition) is 7. The molecule has 17 heavy (non-hydrogen) atoms. The topological polar surface area (TPSA) is 165 Å². The van der Waals surface area contributed by atoms with Crippen LogP contribution in [0.5, 0.6) is 0 Å². The molecule has 0 rings (SSSR count). The lowest BCUT2D eigenvalue weighted by molar-refractivity contribution is -0.757. The molecule has 0 heterocycles. The molecule has 1 atom stereocenters. The summed E-state index contributed by atoms with van der Waals surface area (Å²) in [6.45, 7) is 1.85. The zero-order valence-electron chi connectivity index (χ0n) is 8.94. The molecule has 0 aliphatic carbocycles. The van der Waals surface area contributed by atoms with E-state index in [9.17, 15) is 14.9 Å². The van der Waals surface area contributed by atoms with Crippen molar-refractivity contribution < 1.29 is 30.1 Å². The maximum Gasteiger partial charge on any atom is 0.320 e. The van der Waals surface area contributed by atoms with Gasteiger partial charge in [0.25, 0.3) is 10.2 Å². The minimum absolute atomic E-state index is 0.0215. The Morgan fingerprint density at radius 1 is 1.47 bits per heavy atom. The molecule has 0 bridgehead atoms. The van der Waals surface area contributed by atoms with Gasteiger partial charge in [-0.15, -0.1) is 20.2 Å². The van der Waals surface area contributed by atoms with E-state index in [1.807, 2.05) is 0 Å². The van der Waals surface area contributed by atoms with Gasteiger partial charge >= 0.3 is 5.97 Å². The van der Waals surface area contributed by atoms with Crippen LogP contribution in [0.25, 0.3) is 0 Å². The highest BCUT2D eigenvalue weighted by atomic mass is 16.9. The molecule has 0 unspecified atom stereocenters. The van der Waals surface area contributed by atoms with Crippen molar-refractivity contribution in [1.82, 2.24) is 5.32 Å². The molecule has 0 aromatic heterocycles. The molecule has 0 aromatic rings. The molecule has 0 radical (unpaired) electrons. The maximum absolute atomic E-state index is 10.3. The number of carboxylic acid groups (broad SMARTS) is 1. The maximum atomic E-state index is 10.3. The third kappa shape index (κ3) is 20.0. The van der Waals surface area contributed by atoms with Crippen molar-refractivity contribution in [3.8, 4) is 0 Å². The first-order valence-corrected chi connectivity index (χ1v) is 4.34. The second kappa shape index (κ2) is 10.4. The highest BCUT2D eigenvalue weighted by Gasteiger charge is 2.08. The zero-order chi connectivity index (χ0) is 13.8. The number of rotatable bonds is 7. The standard InChI is InChI=1S/C6H12N2O5.HNO3/c1-5(6(9)10)7-3-2-4-13-8(11)12;2-1(3)4/h5,7H,2-4H2,1H3,(H,9,10);(H,2,3,4)/t5-;/m0./s1. The first-order valence-electron chi connectivity index (χ1n) is 4.34. The van der Waals surface area contributed by atoms with Gasteiger partial charge in [0.15, 0.2) is 0 Å². The Hall–Kier alpha value is -2.17. The van der Waals surface area contributed by atoms with Gasteiger partial charge < -0.3 is 20.5 Å². The van der Waals surface area contributed by atoms with Gasteiger partial charge in [-0.05, 0) is 19.9 Å². The van der Waals surface area contributed by atoms with Crippen molar-refractivity contribution in [3.63, 3.8) is 0 Å². The van der Waals surface area contributed by atoms with Crippen LogP contribution in [-0.2, 0) is 9.63 Å². The lowest BCUT2D eigenvalue weighted by atomic mass is 10.3. The van der Waals surface area contributed by atoms with E-state index in [-0.39, 0.29) is 6.61 Å². The number of aliphatic carboxylic acids is 1. The number of nitrogens with one attached hydrogen (secondary N) is 1. The van der Waals surface area contributed by atoms with Crippen LogP contribution in [0.4, 0.5) is 0 Å². The van der Waals surface area contributed by atoms with Gasteiger partial charge in [0.05, 0.1) is 6.61 Å². The summed E-state index contributed by atoms with van der Waals surface area (Å²) in [7, 11) is 0. The molecule has 0 saturated carbocycles. The Balaban J connectivity index is 0. The van der Waals surface area contributed by atoms with Gasteiger partial charge in [-0.3, -0.25) is 4.79 Å². The molecular weight excluding hydrogens is 242 g/mol. The summed E-state index contributed by atoms with van der Waals surface area (Å²) < 4.78 is 0. The largest absolute Gasteiger partial charge is 0.480 e. The summed E-state index contributed by atoms with van der Waals surface area (Å²) in [5, 5.41) is 33.5. The lowest BCUT2D eigenvalue weighted by Crippen LogP contribution is -2.34. The number of carboxylic acids is 1. The molecule has 0 aliphatic rings. The summed E-state index contributed by atoms with van der Waals surface area (Å²) >= 11 is 0. The SMILES string of the molecule is C[C@H](NCCCO[N+](=O)[O-])C(=O)O.O=[N+]([O-])O. The van der Waals surface area contributed by atoms with E-state index < -0.39 is 22.2 Å². The first kappa shape index (κ1) is 17.2. The average molecular weight is 255 g/mol. The highest BCUT2D eigenvalue weighted by Crippen LogP contribution is 1.84. The van der Waals surface area contributed by atoms with Crippen molar-refractivity contribution in [2.75, 3.05) is 13.2 Å². The smallest absolute Gasteiger partial charge is 0.320 e. The van der Waals surface area contributed by atoms with Crippen molar-refractivity contribution >= 4 is 5.97 Å². The van der Waals surface area contributed by atoms with Crippen LogP contribution in [-0.4, -0.2) is 45.6 Å². The fourth-order valence-electron chi connectivity index (χ4n) is 0.617. The molecule has 100 valence electrons. The van der Waals surface area contributed by atoms with Gasteiger partial charge in [0.1, 0.15) is 6.04 Å². The normalized spacial score (nSPS) is 10.6. The average Bonchev–Trinajstić information content (AvgIpc) is 2.15. The Morgan fingerprint density at radius 3 is 2.29 bits per heavy atom. The number of hydrogen-bond donors (Lipinski definition) is 3. The molecule has 0 saturated heterocycles. The van der Waals surface area contributed by atoms with E-state index in [4.69, 9.17) is 20.4 Å². The van der Waals surface area contributed by atoms with Crippen molar-refractivity contribution in [1.29, 1.82) is 0 Å². The molecule has 0 amide bonds. The third-order valence-electron chi connectivity index (χ3n) is 1.34. The van der Waals surface area contributed by atoms with Crippen LogP contribution in [0.2, 0.25) is 0 Å². The number of nitrogens with zero attached hydrogens (tertiary/aromatic N) is 2. The lowest BCUT2D eigenvalue weighted by Gasteiger charge is -2.07. The summed E-state index contributed by atoms with van der Waals surface area (Å²) in [6.07, 6.45) is 0.401. The van der Waals surface area contributed by atoms with Crippen LogP contribution in [0, 0.1) is 20.2 Å². The highest BCUT2D eigenvalue weighted by molar-refractivity contribution is 5.72.